The van der Waals surface area contributed by atoms with E-state index >= 15 is 0 Å². The Morgan fingerprint density at radius 3 is 2.50 bits per heavy atom. The predicted molar refractivity (Wildman–Crippen MR) is 64.7 cm³/mol. The second kappa shape index (κ2) is 3.45. The number of hydrogen-bond acceptors (Lipinski definition) is 3. The first-order valence-corrected chi connectivity index (χ1v) is 5.71. The number of pyridine rings is 1. The summed E-state index contributed by atoms with van der Waals surface area (Å²) in [5, 5.41) is 0. The Kier molecular flexibility index (Phi) is 2.46. The lowest BCUT2D eigenvalue weighted by Crippen LogP contribution is -2.43. The Balaban J connectivity index is 2.43. The van der Waals surface area contributed by atoms with Gasteiger partial charge in [-0.05, 0) is 31.4 Å². The van der Waals surface area contributed by atoms with E-state index in [1.807, 2.05) is 13.0 Å². The van der Waals surface area contributed by atoms with Crippen molar-refractivity contribution in [2.45, 2.75) is 44.6 Å². The van der Waals surface area contributed by atoms with Crippen LogP contribution in [0.3, 0.4) is 0 Å². The molecule has 2 rings (SSSR count). The number of methoxy groups -OCH3 is 1. The van der Waals surface area contributed by atoms with Gasteiger partial charge in [-0.25, -0.2) is 4.98 Å². The summed E-state index contributed by atoms with van der Waals surface area (Å²) in [7, 11) is 1.65. The minimum absolute atomic E-state index is 0.0199. The van der Waals surface area contributed by atoms with Crippen LogP contribution in [0.4, 0.5) is 0 Å². The summed E-state index contributed by atoms with van der Waals surface area (Å²) in [5.41, 5.74) is 8.46. The number of nitrogens with zero attached hydrogens (tertiary/aromatic N) is 1. The predicted octanol–water partition coefficient (Wildman–Crippen LogP) is 2.17. The molecule has 1 aromatic heterocycles. The summed E-state index contributed by atoms with van der Waals surface area (Å²) in [4.78, 5) is 4.31. The molecule has 0 saturated heterocycles. The molecule has 2 N–H and O–H groups in total. The van der Waals surface area contributed by atoms with Crippen LogP contribution < -0.4 is 10.5 Å². The van der Waals surface area contributed by atoms with Gasteiger partial charge in [0.2, 0.25) is 5.88 Å². The summed E-state index contributed by atoms with van der Waals surface area (Å²) in [5.74, 6) is 0.673. The van der Waals surface area contributed by atoms with Gasteiger partial charge in [-0.3, -0.25) is 0 Å². The Bertz CT molecular complexity index is 408. The van der Waals surface area contributed by atoms with Crippen LogP contribution >= 0.6 is 0 Å². The van der Waals surface area contributed by atoms with Crippen molar-refractivity contribution in [1.82, 2.24) is 4.98 Å². The fourth-order valence-corrected chi connectivity index (χ4v) is 2.15. The third kappa shape index (κ3) is 1.69. The van der Waals surface area contributed by atoms with Gasteiger partial charge in [-0.2, -0.15) is 0 Å². The highest BCUT2D eigenvalue weighted by atomic mass is 16.5. The summed E-state index contributed by atoms with van der Waals surface area (Å²) >= 11 is 0. The van der Waals surface area contributed by atoms with Crippen LogP contribution in [0.5, 0.6) is 5.88 Å². The van der Waals surface area contributed by atoms with Crippen molar-refractivity contribution in [3.05, 3.63) is 23.4 Å². The molecule has 16 heavy (non-hydrogen) atoms. The molecule has 0 bridgehead atoms. The monoisotopic (exact) mass is 220 g/mol. The maximum Gasteiger partial charge on any atom is 0.213 e. The first-order chi connectivity index (χ1) is 7.39. The lowest BCUT2D eigenvalue weighted by molar-refractivity contribution is 0.375. The molecule has 88 valence electrons. The van der Waals surface area contributed by atoms with Crippen molar-refractivity contribution in [3.8, 4) is 5.88 Å². The molecular formula is C13H20N2O. The normalized spacial score (nSPS) is 18.3. The molecule has 0 aliphatic heterocycles. The summed E-state index contributed by atoms with van der Waals surface area (Å²) in [6.07, 6.45) is 2.20. The molecule has 0 amide bonds. The van der Waals surface area contributed by atoms with Gasteiger partial charge in [0.15, 0.2) is 0 Å². The molecule has 1 aliphatic carbocycles. The molecule has 1 fully saturated rings. The molecule has 0 radical (unpaired) electrons. The summed E-state index contributed by atoms with van der Waals surface area (Å²) < 4.78 is 5.21. The molecule has 1 aromatic rings. The fraction of sp³-hybridized carbons (Fsp3) is 0.615. The second-order valence-electron chi connectivity index (χ2n) is 5.32. The molecule has 1 aliphatic rings. The zero-order valence-electron chi connectivity index (χ0n) is 10.5. The van der Waals surface area contributed by atoms with Crippen LogP contribution in [0, 0.1) is 6.92 Å². The van der Waals surface area contributed by atoms with Crippen LogP contribution in [-0.2, 0) is 5.41 Å². The zero-order valence-corrected chi connectivity index (χ0v) is 10.5. The van der Waals surface area contributed by atoms with E-state index in [1.165, 1.54) is 5.56 Å². The van der Waals surface area contributed by atoms with Gasteiger partial charge in [0.25, 0.3) is 0 Å². The van der Waals surface area contributed by atoms with E-state index in [9.17, 15) is 0 Å². The van der Waals surface area contributed by atoms with Crippen molar-refractivity contribution < 1.29 is 4.74 Å². The number of ether oxygens (including phenoxy) is 1. The van der Waals surface area contributed by atoms with E-state index in [4.69, 9.17) is 10.5 Å². The number of rotatable bonds is 3. The van der Waals surface area contributed by atoms with Gasteiger partial charge in [0.05, 0.1) is 7.11 Å². The first kappa shape index (κ1) is 11.4. The maximum atomic E-state index is 6.34. The van der Waals surface area contributed by atoms with Gasteiger partial charge >= 0.3 is 0 Å². The smallest absolute Gasteiger partial charge is 0.213 e. The van der Waals surface area contributed by atoms with E-state index in [2.05, 4.69) is 24.9 Å². The minimum Gasteiger partial charge on any atom is -0.481 e. The summed E-state index contributed by atoms with van der Waals surface area (Å²) in [6.45, 7) is 6.39. The molecule has 3 nitrogen and oxygen atoms in total. The van der Waals surface area contributed by atoms with Gasteiger partial charge < -0.3 is 10.5 Å². The topological polar surface area (TPSA) is 48.1 Å². The molecular weight excluding hydrogens is 200 g/mol. The molecule has 1 heterocycles. The standard InChI is InChI=1S/C13H20N2O/c1-9-7-10(8-11(15-9)16-4)12(2,3)13(14)5-6-13/h7-8H,5-6,14H2,1-4H3. The zero-order chi connectivity index (χ0) is 12.0. The average molecular weight is 220 g/mol. The quantitative estimate of drug-likeness (QED) is 0.849. The molecule has 1 saturated carbocycles. The Morgan fingerprint density at radius 2 is 2.00 bits per heavy atom. The van der Waals surface area contributed by atoms with Gasteiger partial charge in [0, 0.05) is 22.7 Å². The average Bonchev–Trinajstić information content (AvgIpc) is 2.97. The Morgan fingerprint density at radius 1 is 1.38 bits per heavy atom. The molecule has 0 unspecified atom stereocenters. The van der Waals surface area contributed by atoms with Gasteiger partial charge in [-0.1, -0.05) is 13.8 Å². The lowest BCUT2D eigenvalue weighted by atomic mass is 9.76. The number of aryl methyl sites for hydroxylation is 1. The van der Waals surface area contributed by atoms with Crippen LogP contribution in [0.25, 0.3) is 0 Å². The van der Waals surface area contributed by atoms with E-state index in [-0.39, 0.29) is 11.0 Å². The lowest BCUT2D eigenvalue weighted by Gasteiger charge is -2.32. The molecule has 0 spiro atoms. The van der Waals surface area contributed by atoms with Crippen LogP contribution in [0.1, 0.15) is 37.9 Å². The van der Waals surface area contributed by atoms with Crippen LogP contribution in [0.2, 0.25) is 0 Å². The number of nitrogens with two attached hydrogens (primary N) is 1. The van der Waals surface area contributed by atoms with Crippen molar-refractivity contribution in [3.63, 3.8) is 0 Å². The highest BCUT2D eigenvalue weighted by Crippen LogP contribution is 2.49. The second-order valence-corrected chi connectivity index (χ2v) is 5.32. The van der Waals surface area contributed by atoms with Crippen molar-refractivity contribution in [2.24, 2.45) is 5.73 Å². The van der Waals surface area contributed by atoms with E-state index in [0.717, 1.165) is 18.5 Å². The maximum absolute atomic E-state index is 6.34. The molecule has 0 aromatic carbocycles. The van der Waals surface area contributed by atoms with E-state index in [1.54, 1.807) is 7.11 Å². The Hall–Kier alpha value is -1.09. The number of aromatic nitrogens is 1. The third-order valence-corrected chi connectivity index (χ3v) is 3.89. The Labute approximate surface area is 97.0 Å². The van der Waals surface area contributed by atoms with E-state index < -0.39 is 0 Å². The highest BCUT2D eigenvalue weighted by Gasteiger charge is 2.52. The van der Waals surface area contributed by atoms with Crippen molar-refractivity contribution in [1.29, 1.82) is 0 Å². The van der Waals surface area contributed by atoms with Crippen LogP contribution in [0.15, 0.2) is 12.1 Å². The SMILES string of the molecule is COc1cc(C(C)(C)C2(N)CC2)cc(C)n1. The fourth-order valence-electron chi connectivity index (χ4n) is 2.15. The minimum atomic E-state index is -0.0498. The highest BCUT2D eigenvalue weighted by molar-refractivity contribution is 5.36. The van der Waals surface area contributed by atoms with Crippen molar-refractivity contribution >= 4 is 0 Å². The molecule has 0 atom stereocenters. The van der Waals surface area contributed by atoms with E-state index in [0.29, 0.717) is 5.88 Å². The number of hydrogen-bond donors (Lipinski definition) is 1. The van der Waals surface area contributed by atoms with Gasteiger partial charge in [-0.15, -0.1) is 0 Å². The first-order valence-electron chi connectivity index (χ1n) is 5.71. The van der Waals surface area contributed by atoms with Gasteiger partial charge in [0.1, 0.15) is 0 Å². The van der Waals surface area contributed by atoms with Crippen LogP contribution in [-0.4, -0.2) is 17.6 Å². The third-order valence-electron chi connectivity index (χ3n) is 3.89. The van der Waals surface area contributed by atoms with Crippen molar-refractivity contribution in [2.75, 3.05) is 7.11 Å². The largest absolute Gasteiger partial charge is 0.481 e. The molecule has 3 heteroatoms. The summed E-state index contributed by atoms with van der Waals surface area (Å²) in [6, 6.07) is 4.11.